The smallest absolute Gasteiger partial charge is 0.262 e. The zero-order valence-corrected chi connectivity index (χ0v) is 12.8. The average molecular weight is 301 g/mol. The van der Waals surface area contributed by atoms with E-state index in [9.17, 15) is 4.79 Å². The lowest BCUT2D eigenvalue weighted by atomic mass is 9.97. The van der Waals surface area contributed by atoms with Gasteiger partial charge in [0.05, 0.1) is 5.56 Å². The highest BCUT2D eigenvalue weighted by Crippen LogP contribution is 2.36. The Hall–Kier alpha value is -2.00. The summed E-state index contributed by atoms with van der Waals surface area (Å²) in [7, 11) is 0. The van der Waals surface area contributed by atoms with Crippen LogP contribution in [0.4, 0.5) is 11.4 Å². The molecular formula is C17H17ClN2O. The first-order valence-electron chi connectivity index (χ1n) is 7.02. The van der Waals surface area contributed by atoms with Crippen molar-refractivity contribution in [1.29, 1.82) is 0 Å². The number of amides is 1. The van der Waals surface area contributed by atoms with Gasteiger partial charge in [0.1, 0.15) is 5.66 Å². The Labute approximate surface area is 129 Å². The Morgan fingerprint density at radius 1 is 1.14 bits per heavy atom. The number of fused-ring (bicyclic) bond motifs is 1. The largest absolute Gasteiger partial charge is 0.362 e. The highest BCUT2D eigenvalue weighted by molar-refractivity contribution is 6.30. The van der Waals surface area contributed by atoms with Gasteiger partial charge in [-0.3, -0.25) is 9.69 Å². The highest BCUT2D eigenvalue weighted by Gasteiger charge is 2.40. The van der Waals surface area contributed by atoms with E-state index < -0.39 is 5.66 Å². The normalized spacial score (nSPS) is 20.9. The van der Waals surface area contributed by atoms with E-state index in [1.165, 1.54) is 0 Å². The number of para-hydroxylation sites is 1. The van der Waals surface area contributed by atoms with Crippen LogP contribution in [0.25, 0.3) is 0 Å². The molecule has 3 nitrogen and oxygen atoms in total. The van der Waals surface area contributed by atoms with Crippen LogP contribution in [0.3, 0.4) is 0 Å². The van der Waals surface area contributed by atoms with E-state index >= 15 is 0 Å². The van der Waals surface area contributed by atoms with Crippen LogP contribution in [0, 0.1) is 0 Å². The standard InChI is InChI=1S/C17H17ClN2O/c1-3-17(2)19-15-7-5-4-6-14(15)16(21)20(17)13-10-8-12(18)9-11-13/h4-11,19H,3H2,1-2H3/t17-/m0/s1. The number of hydrogen-bond donors (Lipinski definition) is 1. The number of nitrogens with zero attached hydrogens (tertiary/aromatic N) is 1. The molecule has 0 spiro atoms. The molecule has 2 aromatic carbocycles. The van der Waals surface area contributed by atoms with E-state index in [0.717, 1.165) is 17.8 Å². The van der Waals surface area contributed by atoms with E-state index in [2.05, 4.69) is 12.2 Å². The summed E-state index contributed by atoms with van der Waals surface area (Å²) in [6.45, 7) is 4.10. The first kappa shape index (κ1) is 14.0. The number of carbonyl (C=O) groups is 1. The molecule has 0 fully saturated rings. The predicted molar refractivity (Wildman–Crippen MR) is 87.0 cm³/mol. The van der Waals surface area contributed by atoms with Crippen LogP contribution in [0.2, 0.25) is 5.02 Å². The van der Waals surface area contributed by atoms with Gasteiger partial charge in [-0.15, -0.1) is 0 Å². The molecule has 0 radical (unpaired) electrons. The van der Waals surface area contributed by atoms with Crippen molar-refractivity contribution in [2.24, 2.45) is 0 Å². The molecule has 0 saturated carbocycles. The van der Waals surface area contributed by atoms with Crippen molar-refractivity contribution in [2.45, 2.75) is 25.9 Å². The molecule has 1 N–H and O–H groups in total. The first-order chi connectivity index (χ1) is 10.0. The Balaban J connectivity index is 2.13. The van der Waals surface area contributed by atoms with Crippen LogP contribution in [-0.4, -0.2) is 11.6 Å². The molecule has 1 amide bonds. The van der Waals surface area contributed by atoms with Gasteiger partial charge in [-0.05, 0) is 49.7 Å². The van der Waals surface area contributed by atoms with Crippen LogP contribution in [0.5, 0.6) is 0 Å². The summed E-state index contributed by atoms with van der Waals surface area (Å²) >= 11 is 5.95. The Kier molecular flexibility index (Phi) is 3.38. The van der Waals surface area contributed by atoms with E-state index in [0.29, 0.717) is 10.6 Å². The first-order valence-corrected chi connectivity index (χ1v) is 7.40. The second-order valence-corrected chi connectivity index (χ2v) is 5.85. The number of nitrogens with one attached hydrogen (secondary N) is 1. The molecule has 21 heavy (non-hydrogen) atoms. The van der Waals surface area contributed by atoms with Gasteiger partial charge in [0.25, 0.3) is 5.91 Å². The van der Waals surface area contributed by atoms with Gasteiger partial charge in [0.2, 0.25) is 0 Å². The monoisotopic (exact) mass is 300 g/mol. The number of benzene rings is 2. The van der Waals surface area contributed by atoms with Gasteiger partial charge < -0.3 is 5.32 Å². The summed E-state index contributed by atoms with van der Waals surface area (Å²) in [6.07, 6.45) is 0.787. The maximum absolute atomic E-state index is 12.9. The molecule has 0 aliphatic carbocycles. The van der Waals surface area contributed by atoms with Crippen molar-refractivity contribution >= 4 is 28.9 Å². The molecule has 1 aliphatic heterocycles. The van der Waals surface area contributed by atoms with Gasteiger partial charge in [-0.25, -0.2) is 0 Å². The number of halogens is 1. The van der Waals surface area contributed by atoms with Crippen LogP contribution < -0.4 is 10.2 Å². The second kappa shape index (κ2) is 5.08. The van der Waals surface area contributed by atoms with Crippen molar-refractivity contribution in [3.63, 3.8) is 0 Å². The molecule has 2 aromatic rings. The SMILES string of the molecule is CC[C@@]1(C)Nc2ccccc2C(=O)N1c1ccc(Cl)cc1. The molecule has 0 bridgehead atoms. The summed E-state index contributed by atoms with van der Waals surface area (Å²) in [6, 6.07) is 15.0. The molecule has 1 heterocycles. The molecule has 0 aromatic heterocycles. The average Bonchev–Trinajstić information content (AvgIpc) is 2.49. The van der Waals surface area contributed by atoms with Crippen LogP contribution in [0.15, 0.2) is 48.5 Å². The van der Waals surface area contributed by atoms with E-state index in [1.54, 1.807) is 12.1 Å². The van der Waals surface area contributed by atoms with Crippen LogP contribution >= 0.6 is 11.6 Å². The van der Waals surface area contributed by atoms with Gasteiger partial charge in [-0.1, -0.05) is 30.7 Å². The molecule has 4 heteroatoms. The van der Waals surface area contributed by atoms with Crippen LogP contribution in [0.1, 0.15) is 30.6 Å². The lowest BCUT2D eigenvalue weighted by Crippen LogP contribution is -2.58. The predicted octanol–water partition coefficient (Wildman–Crippen LogP) is 4.54. The molecule has 1 aliphatic rings. The van der Waals surface area contributed by atoms with E-state index in [4.69, 9.17) is 11.6 Å². The molecule has 0 saturated heterocycles. The maximum atomic E-state index is 12.9. The minimum atomic E-state index is -0.459. The Morgan fingerprint density at radius 2 is 1.81 bits per heavy atom. The lowest BCUT2D eigenvalue weighted by Gasteiger charge is -2.46. The van der Waals surface area contributed by atoms with Crippen molar-refractivity contribution in [2.75, 3.05) is 10.2 Å². The number of rotatable bonds is 2. The highest BCUT2D eigenvalue weighted by atomic mass is 35.5. The van der Waals surface area contributed by atoms with Crippen molar-refractivity contribution < 1.29 is 4.79 Å². The lowest BCUT2D eigenvalue weighted by molar-refractivity contribution is 0.0956. The van der Waals surface area contributed by atoms with Gasteiger partial charge in [-0.2, -0.15) is 0 Å². The maximum Gasteiger partial charge on any atom is 0.262 e. The summed E-state index contributed by atoms with van der Waals surface area (Å²) in [5.74, 6) is 0.0102. The quantitative estimate of drug-likeness (QED) is 0.883. The van der Waals surface area contributed by atoms with Gasteiger partial charge >= 0.3 is 0 Å². The summed E-state index contributed by atoms with van der Waals surface area (Å²) in [5, 5.41) is 4.15. The fraction of sp³-hybridized carbons (Fsp3) is 0.235. The molecular weight excluding hydrogens is 284 g/mol. The zero-order valence-electron chi connectivity index (χ0n) is 12.1. The molecule has 3 rings (SSSR count). The topological polar surface area (TPSA) is 32.3 Å². The van der Waals surface area contributed by atoms with Crippen molar-refractivity contribution in [3.8, 4) is 0 Å². The third-order valence-corrected chi connectivity index (χ3v) is 4.28. The third kappa shape index (κ3) is 2.28. The van der Waals surface area contributed by atoms with Crippen molar-refractivity contribution in [1.82, 2.24) is 0 Å². The second-order valence-electron chi connectivity index (χ2n) is 5.41. The number of carbonyl (C=O) groups excluding carboxylic acids is 1. The molecule has 108 valence electrons. The fourth-order valence-electron chi connectivity index (χ4n) is 2.71. The summed E-state index contributed by atoms with van der Waals surface area (Å²) in [5.41, 5.74) is 1.96. The number of hydrogen-bond acceptors (Lipinski definition) is 2. The summed E-state index contributed by atoms with van der Waals surface area (Å²) < 4.78 is 0. The molecule has 0 unspecified atom stereocenters. The van der Waals surface area contributed by atoms with Crippen molar-refractivity contribution in [3.05, 3.63) is 59.1 Å². The Bertz CT molecular complexity index is 683. The van der Waals surface area contributed by atoms with Gasteiger partial charge in [0.15, 0.2) is 0 Å². The van der Waals surface area contributed by atoms with Crippen LogP contribution in [-0.2, 0) is 0 Å². The summed E-state index contributed by atoms with van der Waals surface area (Å²) in [4.78, 5) is 14.7. The van der Waals surface area contributed by atoms with E-state index in [1.807, 2.05) is 48.2 Å². The third-order valence-electron chi connectivity index (χ3n) is 4.03. The molecule has 1 atom stereocenters. The van der Waals surface area contributed by atoms with Gasteiger partial charge in [0, 0.05) is 16.4 Å². The Morgan fingerprint density at radius 3 is 2.48 bits per heavy atom. The zero-order chi connectivity index (χ0) is 15.0. The minimum Gasteiger partial charge on any atom is -0.362 e. The minimum absolute atomic E-state index is 0.0102. The number of anilines is 2. The van der Waals surface area contributed by atoms with E-state index in [-0.39, 0.29) is 5.91 Å². The fourth-order valence-corrected chi connectivity index (χ4v) is 2.83.